The van der Waals surface area contributed by atoms with Crippen molar-refractivity contribution in [2.24, 2.45) is 11.1 Å². The molecule has 102 valence electrons. The summed E-state index contributed by atoms with van der Waals surface area (Å²) < 4.78 is 0. The predicted octanol–water partition coefficient (Wildman–Crippen LogP) is 2.67. The van der Waals surface area contributed by atoms with Crippen LogP contribution in [0.15, 0.2) is 24.5 Å². The van der Waals surface area contributed by atoms with E-state index in [9.17, 15) is 0 Å². The fraction of sp³-hybridized carbons (Fsp3) is 0.667. The van der Waals surface area contributed by atoms with Crippen LogP contribution in [0.5, 0.6) is 0 Å². The minimum absolute atomic E-state index is 0.267. The molecule has 1 rings (SSSR count). The molecule has 0 aliphatic carbocycles. The SMILES string of the molecule is CCN(Cc1ccncc1)CC(CC)(CC)CN. The molecular weight excluding hydrogens is 222 g/mol. The molecule has 0 amide bonds. The maximum absolute atomic E-state index is 5.99. The lowest BCUT2D eigenvalue weighted by Gasteiger charge is -2.36. The van der Waals surface area contributed by atoms with Gasteiger partial charge in [-0.3, -0.25) is 9.88 Å². The maximum atomic E-state index is 5.99. The minimum atomic E-state index is 0.267. The van der Waals surface area contributed by atoms with Crippen LogP contribution in [0, 0.1) is 5.41 Å². The highest BCUT2D eigenvalue weighted by atomic mass is 15.1. The van der Waals surface area contributed by atoms with E-state index < -0.39 is 0 Å². The third kappa shape index (κ3) is 4.07. The van der Waals surface area contributed by atoms with Gasteiger partial charge in [0.2, 0.25) is 0 Å². The summed E-state index contributed by atoms with van der Waals surface area (Å²) in [7, 11) is 0. The molecule has 0 radical (unpaired) electrons. The van der Waals surface area contributed by atoms with Gasteiger partial charge in [-0.25, -0.2) is 0 Å². The standard InChI is InChI=1S/C15H27N3/c1-4-15(5-2,12-16)13-18(6-3)11-14-7-9-17-10-8-14/h7-10H,4-6,11-13,16H2,1-3H3. The van der Waals surface area contributed by atoms with Gasteiger partial charge in [0.1, 0.15) is 0 Å². The second-order valence-corrected chi connectivity index (χ2v) is 5.07. The Kier molecular flexibility index (Phi) is 6.30. The quantitative estimate of drug-likeness (QED) is 0.770. The van der Waals surface area contributed by atoms with Crippen molar-refractivity contribution in [3.63, 3.8) is 0 Å². The molecule has 0 unspecified atom stereocenters. The largest absolute Gasteiger partial charge is 0.330 e. The first kappa shape index (κ1) is 15.1. The van der Waals surface area contributed by atoms with Gasteiger partial charge >= 0.3 is 0 Å². The van der Waals surface area contributed by atoms with Crippen molar-refractivity contribution in [3.05, 3.63) is 30.1 Å². The molecule has 0 aromatic carbocycles. The molecule has 0 saturated carbocycles. The lowest BCUT2D eigenvalue weighted by molar-refractivity contribution is 0.143. The van der Waals surface area contributed by atoms with Crippen molar-refractivity contribution >= 4 is 0 Å². The van der Waals surface area contributed by atoms with Crippen LogP contribution in [-0.4, -0.2) is 29.5 Å². The molecule has 1 heterocycles. The summed E-state index contributed by atoms with van der Waals surface area (Å²) in [6.07, 6.45) is 6.01. The lowest BCUT2D eigenvalue weighted by Crippen LogP contribution is -2.41. The molecule has 0 spiro atoms. The Hall–Kier alpha value is -0.930. The van der Waals surface area contributed by atoms with E-state index in [0.29, 0.717) is 0 Å². The van der Waals surface area contributed by atoms with E-state index in [1.54, 1.807) is 0 Å². The van der Waals surface area contributed by atoms with Crippen LogP contribution >= 0.6 is 0 Å². The second-order valence-electron chi connectivity index (χ2n) is 5.07. The van der Waals surface area contributed by atoms with Gasteiger partial charge in [-0.05, 0) is 49.0 Å². The predicted molar refractivity (Wildman–Crippen MR) is 77.3 cm³/mol. The zero-order chi connectivity index (χ0) is 13.4. The Balaban J connectivity index is 2.66. The maximum Gasteiger partial charge on any atom is 0.0271 e. The molecule has 1 aromatic heterocycles. The third-order valence-corrected chi connectivity index (χ3v) is 4.09. The van der Waals surface area contributed by atoms with Gasteiger partial charge in [-0.15, -0.1) is 0 Å². The van der Waals surface area contributed by atoms with Crippen LogP contribution < -0.4 is 5.73 Å². The van der Waals surface area contributed by atoms with Crippen molar-refractivity contribution in [3.8, 4) is 0 Å². The highest BCUT2D eigenvalue weighted by Crippen LogP contribution is 2.26. The summed E-state index contributed by atoms with van der Waals surface area (Å²) in [6.45, 7) is 10.6. The van der Waals surface area contributed by atoms with Gasteiger partial charge in [0.05, 0.1) is 0 Å². The Bertz CT molecular complexity index is 312. The summed E-state index contributed by atoms with van der Waals surface area (Å²) in [5.41, 5.74) is 7.58. The Labute approximate surface area is 111 Å². The van der Waals surface area contributed by atoms with Gasteiger partial charge in [0.25, 0.3) is 0 Å². The average Bonchev–Trinajstić information content (AvgIpc) is 2.45. The van der Waals surface area contributed by atoms with Crippen molar-refractivity contribution < 1.29 is 0 Å². The van der Waals surface area contributed by atoms with Crippen molar-refractivity contribution in [2.45, 2.75) is 40.2 Å². The first-order valence-electron chi connectivity index (χ1n) is 7.01. The molecule has 0 aliphatic rings. The summed E-state index contributed by atoms with van der Waals surface area (Å²) >= 11 is 0. The molecule has 3 nitrogen and oxygen atoms in total. The molecule has 0 fully saturated rings. The van der Waals surface area contributed by atoms with Crippen LogP contribution in [0.2, 0.25) is 0 Å². The van der Waals surface area contributed by atoms with Crippen LogP contribution in [0.25, 0.3) is 0 Å². The van der Waals surface area contributed by atoms with E-state index in [2.05, 4.69) is 42.8 Å². The lowest BCUT2D eigenvalue weighted by atomic mass is 9.82. The molecule has 0 atom stereocenters. The Morgan fingerprint density at radius 2 is 1.78 bits per heavy atom. The van der Waals surface area contributed by atoms with E-state index in [-0.39, 0.29) is 5.41 Å². The zero-order valence-electron chi connectivity index (χ0n) is 12.0. The summed E-state index contributed by atoms with van der Waals surface area (Å²) in [5, 5.41) is 0. The smallest absolute Gasteiger partial charge is 0.0271 e. The van der Waals surface area contributed by atoms with Crippen LogP contribution in [0.3, 0.4) is 0 Å². The molecule has 2 N–H and O–H groups in total. The molecule has 1 aromatic rings. The number of nitrogens with zero attached hydrogens (tertiary/aromatic N) is 2. The zero-order valence-corrected chi connectivity index (χ0v) is 12.0. The molecule has 18 heavy (non-hydrogen) atoms. The normalized spacial score (nSPS) is 12.1. The highest BCUT2D eigenvalue weighted by molar-refractivity contribution is 5.09. The third-order valence-electron chi connectivity index (χ3n) is 4.09. The summed E-state index contributed by atoms with van der Waals surface area (Å²) in [4.78, 5) is 6.54. The average molecular weight is 249 g/mol. The number of nitrogens with two attached hydrogens (primary N) is 1. The number of hydrogen-bond acceptors (Lipinski definition) is 3. The van der Waals surface area contributed by atoms with E-state index in [1.165, 1.54) is 5.56 Å². The van der Waals surface area contributed by atoms with Crippen LogP contribution in [0.4, 0.5) is 0 Å². The van der Waals surface area contributed by atoms with E-state index >= 15 is 0 Å². The van der Waals surface area contributed by atoms with Crippen molar-refractivity contribution in [1.29, 1.82) is 0 Å². The topological polar surface area (TPSA) is 42.2 Å². The van der Waals surface area contributed by atoms with Gasteiger partial charge in [0, 0.05) is 25.5 Å². The first-order chi connectivity index (χ1) is 8.69. The van der Waals surface area contributed by atoms with Crippen molar-refractivity contribution in [1.82, 2.24) is 9.88 Å². The van der Waals surface area contributed by atoms with Crippen LogP contribution in [0.1, 0.15) is 39.2 Å². The van der Waals surface area contributed by atoms with E-state index in [1.807, 2.05) is 12.4 Å². The number of hydrogen-bond donors (Lipinski definition) is 1. The molecular formula is C15H27N3. The van der Waals surface area contributed by atoms with Gasteiger partial charge < -0.3 is 5.73 Å². The highest BCUT2D eigenvalue weighted by Gasteiger charge is 2.26. The fourth-order valence-corrected chi connectivity index (χ4v) is 2.33. The van der Waals surface area contributed by atoms with Crippen molar-refractivity contribution in [2.75, 3.05) is 19.6 Å². The van der Waals surface area contributed by atoms with Gasteiger partial charge in [0.15, 0.2) is 0 Å². The first-order valence-corrected chi connectivity index (χ1v) is 7.01. The molecule has 3 heteroatoms. The fourth-order valence-electron chi connectivity index (χ4n) is 2.33. The number of pyridine rings is 1. The molecule has 0 bridgehead atoms. The molecule has 0 aliphatic heterocycles. The Morgan fingerprint density at radius 1 is 1.17 bits per heavy atom. The van der Waals surface area contributed by atoms with Crippen LogP contribution in [-0.2, 0) is 6.54 Å². The second kappa shape index (κ2) is 7.49. The van der Waals surface area contributed by atoms with E-state index in [0.717, 1.165) is 39.0 Å². The summed E-state index contributed by atoms with van der Waals surface area (Å²) in [5.74, 6) is 0. The number of rotatable bonds is 8. The van der Waals surface area contributed by atoms with E-state index in [4.69, 9.17) is 5.73 Å². The van der Waals surface area contributed by atoms with Gasteiger partial charge in [-0.2, -0.15) is 0 Å². The monoisotopic (exact) mass is 249 g/mol. The minimum Gasteiger partial charge on any atom is -0.330 e. The molecule has 0 saturated heterocycles. The Morgan fingerprint density at radius 3 is 2.22 bits per heavy atom. The number of aromatic nitrogens is 1. The van der Waals surface area contributed by atoms with Gasteiger partial charge in [-0.1, -0.05) is 20.8 Å². The summed E-state index contributed by atoms with van der Waals surface area (Å²) in [6, 6.07) is 4.18.